The van der Waals surface area contributed by atoms with E-state index in [-0.39, 0.29) is 12.0 Å². The fourth-order valence-corrected chi connectivity index (χ4v) is 3.50. The molecule has 1 aromatic rings. The average Bonchev–Trinajstić information content (AvgIpc) is 3.22. The number of ether oxygens (including phenoxy) is 3. The molecule has 0 aromatic heterocycles. The number of rotatable bonds is 4. The summed E-state index contributed by atoms with van der Waals surface area (Å²) in [5, 5.41) is 3.84. The Kier molecular flexibility index (Phi) is 6.16. The summed E-state index contributed by atoms with van der Waals surface area (Å²) in [5.74, 6) is 1.53. The molecule has 2 aliphatic heterocycles. The number of methoxy groups -OCH3 is 2. The van der Waals surface area contributed by atoms with Crippen molar-refractivity contribution < 1.29 is 19.0 Å². The highest BCUT2D eigenvalue weighted by Crippen LogP contribution is 2.29. The summed E-state index contributed by atoms with van der Waals surface area (Å²) in [6.45, 7) is 3.37. The largest absolute Gasteiger partial charge is 0.497 e. The summed E-state index contributed by atoms with van der Waals surface area (Å²) >= 11 is 5.54. The predicted molar refractivity (Wildman–Crippen MR) is 103 cm³/mol. The zero-order valence-corrected chi connectivity index (χ0v) is 16.0. The molecule has 8 heteroatoms. The average molecular weight is 379 g/mol. The molecule has 1 N–H and O–H groups in total. The number of amides is 1. The maximum absolute atomic E-state index is 12.4. The summed E-state index contributed by atoms with van der Waals surface area (Å²) in [5.41, 5.74) is 0.759. The summed E-state index contributed by atoms with van der Waals surface area (Å²) < 4.78 is 16.1. The second kappa shape index (κ2) is 8.55. The van der Waals surface area contributed by atoms with E-state index in [1.54, 1.807) is 14.2 Å². The maximum atomic E-state index is 12.4. The molecule has 7 nitrogen and oxygen atoms in total. The Labute approximate surface area is 159 Å². The van der Waals surface area contributed by atoms with Crippen LogP contribution in [0.2, 0.25) is 0 Å². The van der Waals surface area contributed by atoms with Crippen LogP contribution >= 0.6 is 12.2 Å². The van der Waals surface area contributed by atoms with Crippen LogP contribution in [0.3, 0.4) is 0 Å². The fraction of sp³-hybridized carbons (Fsp3) is 0.556. The van der Waals surface area contributed by atoms with Gasteiger partial charge in [0.1, 0.15) is 17.6 Å². The van der Waals surface area contributed by atoms with Crippen molar-refractivity contribution in [3.63, 3.8) is 0 Å². The number of carbonyl (C=O) groups excluding carboxylic acids is 1. The molecule has 0 unspecified atom stereocenters. The van der Waals surface area contributed by atoms with Gasteiger partial charge in [-0.05, 0) is 37.2 Å². The number of nitrogens with zero attached hydrogens (tertiary/aromatic N) is 2. The zero-order chi connectivity index (χ0) is 18.5. The second-order valence-electron chi connectivity index (χ2n) is 6.31. The Morgan fingerprint density at radius 3 is 2.54 bits per heavy atom. The number of anilines is 1. The molecule has 26 heavy (non-hydrogen) atoms. The predicted octanol–water partition coefficient (Wildman–Crippen LogP) is 1.72. The quantitative estimate of drug-likeness (QED) is 0.799. The van der Waals surface area contributed by atoms with Gasteiger partial charge in [-0.2, -0.15) is 0 Å². The number of nitrogens with one attached hydrogen (secondary N) is 1. The smallest absolute Gasteiger partial charge is 0.251 e. The molecule has 3 rings (SSSR count). The van der Waals surface area contributed by atoms with Gasteiger partial charge in [0.25, 0.3) is 5.91 Å². The van der Waals surface area contributed by atoms with Crippen molar-refractivity contribution in [3.8, 4) is 11.5 Å². The van der Waals surface area contributed by atoms with Gasteiger partial charge in [0.15, 0.2) is 5.11 Å². The van der Waals surface area contributed by atoms with Crippen molar-refractivity contribution in [2.24, 2.45) is 0 Å². The maximum Gasteiger partial charge on any atom is 0.251 e. The molecule has 2 aliphatic rings. The standard InChI is InChI=1S/C18H25N3O4S/c1-23-13-5-6-15(24-2)14(12-13)19-18(26)21-9-7-20(8-10-21)17(22)16-4-3-11-25-16/h5-6,12,16H,3-4,7-11H2,1-2H3,(H,19,26)/t16-/m0/s1. The van der Waals surface area contributed by atoms with Gasteiger partial charge in [-0.1, -0.05) is 0 Å². The van der Waals surface area contributed by atoms with Gasteiger partial charge in [-0.15, -0.1) is 0 Å². The molecule has 1 aromatic carbocycles. The highest BCUT2D eigenvalue weighted by atomic mass is 32.1. The number of piperazine rings is 1. The minimum absolute atomic E-state index is 0.107. The summed E-state index contributed by atoms with van der Waals surface area (Å²) in [6.07, 6.45) is 1.54. The van der Waals surface area contributed by atoms with Gasteiger partial charge in [0, 0.05) is 38.9 Å². The highest BCUT2D eigenvalue weighted by molar-refractivity contribution is 7.80. The topological polar surface area (TPSA) is 63.3 Å². The zero-order valence-electron chi connectivity index (χ0n) is 15.2. The van der Waals surface area contributed by atoms with E-state index < -0.39 is 0 Å². The van der Waals surface area contributed by atoms with Gasteiger partial charge in [-0.25, -0.2) is 0 Å². The van der Waals surface area contributed by atoms with E-state index in [2.05, 4.69) is 10.2 Å². The SMILES string of the molecule is COc1ccc(OC)c(NC(=S)N2CCN(C(=O)[C@@H]3CCCO3)CC2)c1. The number of carbonyl (C=O) groups is 1. The van der Waals surface area contributed by atoms with Crippen molar-refractivity contribution in [2.45, 2.75) is 18.9 Å². The van der Waals surface area contributed by atoms with Crippen LogP contribution in [0.25, 0.3) is 0 Å². The molecule has 1 amide bonds. The Hall–Kier alpha value is -2.06. The fourth-order valence-electron chi connectivity index (χ4n) is 3.21. The van der Waals surface area contributed by atoms with Gasteiger partial charge in [0.2, 0.25) is 0 Å². The van der Waals surface area contributed by atoms with Gasteiger partial charge >= 0.3 is 0 Å². The van der Waals surface area contributed by atoms with Crippen molar-refractivity contribution in [2.75, 3.05) is 52.3 Å². The van der Waals surface area contributed by atoms with Crippen LogP contribution in [0.4, 0.5) is 5.69 Å². The van der Waals surface area contributed by atoms with E-state index in [1.165, 1.54) is 0 Å². The normalized spacial score (nSPS) is 20.0. The minimum Gasteiger partial charge on any atom is -0.497 e. The van der Waals surface area contributed by atoms with E-state index in [0.29, 0.717) is 43.6 Å². The van der Waals surface area contributed by atoms with E-state index in [9.17, 15) is 4.79 Å². The lowest BCUT2D eigenvalue weighted by Crippen LogP contribution is -2.53. The molecule has 2 saturated heterocycles. The third-order valence-corrected chi connectivity index (χ3v) is 5.09. The van der Waals surface area contributed by atoms with Crippen LogP contribution in [0.1, 0.15) is 12.8 Å². The molecule has 0 radical (unpaired) electrons. The first kappa shape index (κ1) is 18.7. The Balaban J connectivity index is 1.56. The van der Waals surface area contributed by atoms with Crippen molar-refractivity contribution in [3.05, 3.63) is 18.2 Å². The number of thiocarbonyl (C=S) groups is 1. The third-order valence-electron chi connectivity index (χ3n) is 4.73. The third kappa shape index (κ3) is 4.19. The van der Waals surface area contributed by atoms with Crippen LogP contribution in [-0.2, 0) is 9.53 Å². The number of benzene rings is 1. The molecular formula is C18H25N3O4S. The van der Waals surface area contributed by atoms with Gasteiger partial charge in [0.05, 0.1) is 19.9 Å². The Morgan fingerprint density at radius 1 is 1.19 bits per heavy atom. The van der Waals surface area contributed by atoms with Crippen LogP contribution < -0.4 is 14.8 Å². The van der Waals surface area contributed by atoms with Crippen LogP contribution in [0.15, 0.2) is 18.2 Å². The van der Waals surface area contributed by atoms with E-state index in [1.807, 2.05) is 23.1 Å². The molecule has 1 atom stereocenters. The molecule has 0 spiro atoms. The molecule has 2 heterocycles. The molecule has 142 valence electrons. The lowest BCUT2D eigenvalue weighted by atomic mass is 10.2. The first-order valence-corrected chi connectivity index (χ1v) is 9.21. The first-order valence-electron chi connectivity index (χ1n) is 8.80. The van der Waals surface area contributed by atoms with Crippen LogP contribution in [-0.4, -0.2) is 73.9 Å². The van der Waals surface area contributed by atoms with Gasteiger partial charge in [-0.3, -0.25) is 4.79 Å². The molecular weight excluding hydrogens is 354 g/mol. The van der Waals surface area contributed by atoms with Crippen LogP contribution in [0, 0.1) is 0 Å². The lowest BCUT2D eigenvalue weighted by Gasteiger charge is -2.37. The Morgan fingerprint density at radius 2 is 1.92 bits per heavy atom. The van der Waals surface area contributed by atoms with Gasteiger partial charge < -0.3 is 29.3 Å². The van der Waals surface area contributed by atoms with Crippen molar-refractivity contribution >= 4 is 28.9 Å². The van der Waals surface area contributed by atoms with Crippen molar-refractivity contribution in [1.82, 2.24) is 9.80 Å². The Bertz CT molecular complexity index is 656. The molecule has 0 bridgehead atoms. The van der Waals surface area contributed by atoms with Crippen molar-refractivity contribution in [1.29, 1.82) is 0 Å². The second-order valence-corrected chi connectivity index (χ2v) is 6.70. The molecule has 0 aliphatic carbocycles. The summed E-state index contributed by atoms with van der Waals surface area (Å²) in [7, 11) is 3.24. The highest BCUT2D eigenvalue weighted by Gasteiger charge is 2.30. The summed E-state index contributed by atoms with van der Waals surface area (Å²) in [6, 6.07) is 5.52. The van der Waals surface area contributed by atoms with E-state index in [4.69, 9.17) is 26.4 Å². The van der Waals surface area contributed by atoms with E-state index >= 15 is 0 Å². The number of hydrogen-bond acceptors (Lipinski definition) is 5. The van der Waals surface area contributed by atoms with Crippen LogP contribution in [0.5, 0.6) is 11.5 Å². The lowest BCUT2D eigenvalue weighted by molar-refractivity contribution is -0.142. The summed E-state index contributed by atoms with van der Waals surface area (Å²) in [4.78, 5) is 16.4. The monoisotopic (exact) mass is 379 g/mol. The molecule has 0 saturated carbocycles. The molecule has 2 fully saturated rings. The minimum atomic E-state index is -0.257. The van der Waals surface area contributed by atoms with E-state index in [0.717, 1.165) is 24.3 Å². The first-order chi connectivity index (χ1) is 12.6. The number of hydrogen-bond donors (Lipinski definition) is 1.